The van der Waals surface area contributed by atoms with E-state index in [1.165, 1.54) is 37.3 Å². The van der Waals surface area contributed by atoms with Gasteiger partial charge in [-0.2, -0.15) is 0 Å². The van der Waals surface area contributed by atoms with Crippen LogP contribution in [0.3, 0.4) is 0 Å². The zero-order valence-electron chi connectivity index (χ0n) is 10.4. The predicted octanol–water partition coefficient (Wildman–Crippen LogP) is 3.35. The second-order valence-corrected chi connectivity index (χ2v) is 4.75. The van der Waals surface area contributed by atoms with Crippen molar-refractivity contribution in [1.82, 2.24) is 0 Å². The number of nitrogens with one attached hydrogen (secondary N) is 1. The van der Waals surface area contributed by atoms with Crippen molar-refractivity contribution in [3.05, 3.63) is 24.3 Å². The highest BCUT2D eigenvalue weighted by Crippen LogP contribution is 2.24. The van der Waals surface area contributed by atoms with Crippen LogP contribution in [0.1, 0.15) is 26.7 Å². The van der Waals surface area contributed by atoms with Crippen LogP contribution in [-0.2, 0) is 0 Å². The molecular weight excluding hydrogens is 196 g/mol. The fourth-order valence-corrected chi connectivity index (χ4v) is 2.26. The molecule has 1 heterocycles. The highest BCUT2D eigenvalue weighted by molar-refractivity contribution is 5.55. The zero-order valence-corrected chi connectivity index (χ0v) is 10.4. The molecule has 0 saturated carbocycles. The van der Waals surface area contributed by atoms with Gasteiger partial charge in [-0.15, -0.1) is 0 Å². The summed E-state index contributed by atoms with van der Waals surface area (Å²) in [5.74, 6) is 0.900. The summed E-state index contributed by atoms with van der Waals surface area (Å²) in [6, 6.07) is 8.82. The largest absolute Gasteiger partial charge is 0.385 e. The van der Waals surface area contributed by atoms with Crippen molar-refractivity contribution in [3.63, 3.8) is 0 Å². The molecule has 1 fully saturated rings. The Morgan fingerprint density at radius 2 is 1.81 bits per heavy atom. The highest BCUT2D eigenvalue weighted by Gasteiger charge is 2.15. The lowest BCUT2D eigenvalue weighted by Crippen LogP contribution is -2.32. The van der Waals surface area contributed by atoms with Crippen molar-refractivity contribution in [1.29, 1.82) is 0 Å². The first-order valence-electron chi connectivity index (χ1n) is 6.38. The quantitative estimate of drug-likeness (QED) is 0.837. The molecular formula is C14H22N2. The Morgan fingerprint density at radius 1 is 1.19 bits per heavy atom. The molecule has 0 radical (unpaired) electrons. The average Bonchev–Trinajstić information content (AvgIpc) is 2.32. The van der Waals surface area contributed by atoms with Crippen molar-refractivity contribution < 1.29 is 0 Å². The molecule has 0 aliphatic carbocycles. The minimum Gasteiger partial charge on any atom is -0.385 e. The van der Waals surface area contributed by atoms with Crippen molar-refractivity contribution in [2.24, 2.45) is 5.92 Å². The fraction of sp³-hybridized carbons (Fsp3) is 0.571. The molecule has 1 N–H and O–H groups in total. The van der Waals surface area contributed by atoms with Crippen LogP contribution in [0.25, 0.3) is 0 Å². The lowest BCUT2D eigenvalue weighted by Gasteiger charge is -2.32. The van der Waals surface area contributed by atoms with Gasteiger partial charge in [0.05, 0.1) is 0 Å². The lowest BCUT2D eigenvalue weighted by molar-refractivity contribution is 0.438. The van der Waals surface area contributed by atoms with E-state index in [1.54, 1.807) is 0 Å². The summed E-state index contributed by atoms with van der Waals surface area (Å²) < 4.78 is 0. The number of piperidine rings is 1. The first-order chi connectivity index (χ1) is 7.79. The molecule has 1 aliphatic rings. The Balaban J connectivity index is 1.98. The van der Waals surface area contributed by atoms with E-state index in [4.69, 9.17) is 0 Å². The number of benzene rings is 1. The van der Waals surface area contributed by atoms with Crippen molar-refractivity contribution in [2.45, 2.75) is 26.7 Å². The second kappa shape index (κ2) is 5.24. The maximum Gasteiger partial charge on any atom is 0.0367 e. The maximum atomic E-state index is 3.33. The number of nitrogens with zero attached hydrogens (tertiary/aromatic N) is 1. The molecule has 2 heteroatoms. The van der Waals surface area contributed by atoms with Gasteiger partial charge in [-0.05, 0) is 49.9 Å². The van der Waals surface area contributed by atoms with Gasteiger partial charge in [0, 0.05) is 31.0 Å². The molecule has 16 heavy (non-hydrogen) atoms. The molecule has 1 aliphatic heterocycles. The van der Waals surface area contributed by atoms with Crippen molar-refractivity contribution in [2.75, 3.05) is 29.9 Å². The van der Waals surface area contributed by atoms with E-state index in [0.717, 1.165) is 12.5 Å². The highest BCUT2D eigenvalue weighted by atomic mass is 15.1. The third-order valence-electron chi connectivity index (χ3n) is 3.40. The molecule has 0 atom stereocenters. The number of rotatable bonds is 3. The van der Waals surface area contributed by atoms with Crippen LogP contribution in [0.2, 0.25) is 0 Å². The van der Waals surface area contributed by atoms with E-state index in [0.29, 0.717) is 0 Å². The van der Waals surface area contributed by atoms with Crippen LogP contribution in [0.5, 0.6) is 0 Å². The Morgan fingerprint density at radius 3 is 2.38 bits per heavy atom. The summed E-state index contributed by atoms with van der Waals surface area (Å²) in [5.41, 5.74) is 2.59. The summed E-state index contributed by atoms with van der Waals surface area (Å²) in [5, 5.41) is 3.33. The monoisotopic (exact) mass is 218 g/mol. The molecule has 88 valence electrons. The molecule has 0 spiro atoms. The van der Waals surface area contributed by atoms with E-state index in [-0.39, 0.29) is 0 Å². The van der Waals surface area contributed by atoms with Gasteiger partial charge < -0.3 is 10.2 Å². The number of hydrogen-bond acceptors (Lipinski definition) is 2. The first kappa shape index (κ1) is 11.3. The van der Waals surface area contributed by atoms with E-state index in [9.17, 15) is 0 Å². The van der Waals surface area contributed by atoms with E-state index < -0.39 is 0 Å². The minimum absolute atomic E-state index is 0.900. The SMILES string of the molecule is CCNc1ccc(N2CCC(C)CC2)cc1. The molecule has 0 aromatic heterocycles. The van der Waals surface area contributed by atoms with E-state index in [2.05, 4.69) is 48.3 Å². The topological polar surface area (TPSA) is 15.3 Å². The molecule has 1 saturated heterocycles. The summed E-state index contributed by atoms with van der Waals surface area (Å²) in [4.78, 5) is 2.50. The summed E-state index contributed by atoms with van der Waals surface area (Å²) in [6.07, 6.45) is 2.66. The van der Waals surface area contributed by atoms with Gasteiger partial charge >= 0.3 is 0 Å². The third-order valence-corrected chi connectivity index (χ3v) is 3.40. The third kappa shape index (κ3) is 2.69. The maximum absolute atomic E-state index is 3.33. The predicted molar refractivity (Wildman–Crippen MR) is 71.2 cm³/mol. The normalized spacial score (nSPS) is 17.5. The number of hydrogen-bond donors (Lipinski definition) is 1. The fourth-order valence-electron chi connectivity index (χ4n) is 2.26. The molecule has 0 unspecified atom stereocenters. The standard InChI is InChI=1S/C14H22N2/c1-3-15-13-4-6-14(7-5-13)16-10-8-12(2)9-11-16/h4-7,12,15H,3,8-11H2,1-2H3. The van der Waals surface area contributed by atoms with Crippen molar-refractivity contribution >= 4 is 11.4 Å². The average molecular weight is 218 g/mol. The van der Waals surface area contributed by atoms with Crippen LogP contribution in [0, 0.1) is 5.92 Å². The Hall–Kier alpha value is -1.18. The minimum atomic E-state index is 0.900. The zero-order chi connectivity index (χ0) is 11.4. The Bertz CT molecular complexity index is 310. The van der Waals surface area contributed by atoms with Crippen LogP contribution in [-0.4, -0.2) is 19.6 Å². The van der Waals surface area contributed by atoms with Gasteiger partial charge in [0.2, 0.25) is 0 Å². The van der Waals surface area contributed by atoms with Gasteiger partial charge in [0.15, 0.2) is 0 Å². The first-order valence-corrected chi connectivity index (χ1v) is 6.38. The summed E-state index contributed by atoms with van der Waals surface area (Å²) >= 11 is 0. The van der Waals surface area contributed by atoms with Gasteiger partial charge in [-0.3, -0.25) is 0 Å². The van der Waals surface area contributed by atoms with Crippen LogP contribution in [0.4, 0.5) is 11.4 Å². The van der Waals surface area contributed by atoms with Crippen LogP contribution in [0.15, 0.2) is 24.3 Å². The van der Waals surface area contributed by atoms with Gasteiger partial charge in [0.25, 0.3) is 0 Å². The summed E-state index contributed by atoms with van der Waals surface area (Å²) in [6.45, 7) is 7.88. The van der Waals surface area contributed by atoms with Gasteiger partial charge in [0.1, 0.15) is 0 Å². The molecule has 2 nitrogen and oxygen atoms in total. The summed E-state index contributed by atoms with van der Waals surface area (Å²) in [7, 11) is 0. The lowest BCUT2D eigenvalue weighted by atomic mass is 9.99. The molecule has 2 rings (SSSR count). The van der Waals surface area contributed by atoms with Gasteiger partial charge in [-0.1, -0.05) is 6.92 Å². The number of anilines is 2. The molecule has 1 aromatic rings. The Labute approximate surface area is 98.7 Å². The Kier molecular flexibility index (Phi) is 3.70. The van der Waals surface area contributed by atoms with Crippen LogP contribution >= 0.6 is 0 Å². The molecule has 0 amide bonds. The molecule has 1 aromatic carbocycles. The van der Waals surface area contributed by atoms with Crippen LogP contribution < -0.4 is 10.2 Å². The smallest absolute Gasteiger partial charge is 0.0367 e. The van der Waals surface area contributed by atoms with Gasteiger partial charge in [-0.25, -0.2) is 0 Å². The molecule has 0 bridgehead atoms. The van der Waals surface area contributed by atoms with E-state index >= 15 is 0 Å². The van der Waals surface area contributed by atoms with E-state index in [1.807, 2.05) is 0 Å². The second-order valence-electron chi connectivity index (χ2n) is 4.75. The van der Waals surface area contributed by atoms with Crippen molar-refractivity contribution in [3.8, 4) is 0 Å².